The highest BCUT2D eigenvalue weighted by Gasteiger charge is 2.53. The van der Waals surface area contributed by atoms with E-state index >= 15 is 4.39 Å². The summed E-state index contributed by atoms with van der Waals surface area (Å²) in [6.07, 6.45) is 6.75. The number of H-pyrrole nitrogens is 1. The Balaban J connectivity index is 0.979. The minimum absolute atomic E-state index is 0.00637. The third kappa shape index (κ3) is 7.71. The largest absolute Gasteiger partial charge is 0.491 e. The highest BCUT2D eigenvalue weighted by Crippen LogP contribution is 2.57. The number of nitrogens with zero attached hydrogens (tertiary/aromatic N) is 6. The van der Waals surface area contributed by atoms with Gasteiger partial charge in [0, 0.05) is 29.1 Å². The van der Waals surface area contributed by atoms with Gasteiger partial charge < -0.3 is 35.7 Å². The van der Waals surface area contributed by atoms with Gasteiger partial charge in [0.15, 0.2) is 34.0 Å². The molecule has 14 heteroatoms. The van der Waals surface area contributed by atoms with Crippen LogP contribution in [-0.2, 0) is 18.3 Å². The number of rotatable bonds is 17. The van der Waals surface area contributed by atoms with Crippen molar-refractivity contribution in [3.05, 3.63) is 75.5 Å². The number of halogens is 1. The quantitative estimate of drug-likeness (QED) is 0.0719. The Labute approximate surface area is 313 Å². The molecule has 1 fully saturated rings. The number of imidazole rings is 1. The van der Waals surface area contributed by atoms with Crippen LogP contribution in [0.15, 0.2) is 42.5 Å². The predicted molar refractivity (Wildman–Crippen MR) is 207 cm³/mol. The van der Waals surface area contributed by atoms with E-state index in [9.17, 15) is 9.90 Å². The predicted octanol–water partition coefficient (Wildman–Crippen LogP) is 7.13. The van der Waals surface area contributed by atoms with Crippen LogP contribution >= 0.6 is 11.3 Å². The van der Waals surface area contributed by atoms with Crippen LogP contribution in [0.25, 0.3) is 11.0 Å². The maximum Gasteiger partial charge on any atom is 0.355 e. The van der Waals surface area contributed by atoms with E-state index in [4.69, 9.17) is 10.5 Å². The van der Waals surface area contributed by atoms with Gasteiger partial charge in [0.2, 0.25) is 5.95 Å². The van der Waals surface area contributed by atoms with Crippen molar-refractivity contribution in [3.8, 4) is 5.75 Å². The number of hydrogen-bond donors (Lipinski definition) is 4. The second kappa shape index (κ2) is 15.7. The zero-order valence-corrected chi connectivity index (χ0v) is 31.4. The Morgan fingerprint density at radius 1 is 1.21 bits per heavy atom. The molecule has 0 radical (unpaired) electrons. The Bertz CT molecular complexity index is 2050. The zero-order chi connectivity index (χ0) is 37.1. The third-order valence-electron chi connectivity index (χ3n) is 10.8. The zero-order valence-electron chi connectivity index (χ0n) is 30.6. The normalized spacial score (nSPS) is 18.1. The number of unbranched alkanes of at least 4 members (excludes halogenated alkanes) is 1. The fourth-order valence-corrected chi connectivity index (χ4v) is 8.87. The van der Waals surface area contributed by atoms with Crippen molar-refractivity contribution >= 4 is 51.1 Å². The number of para-hydroxylation sites is 2. The number of aromatic amines is 1. The van der Waals surface area contributed by atoms with Crippen molar-refractivity contribution < 1.29 is 19.0 Å². The molecule has 7 rings (SSSR count). The molecule has 2 atom stereocenters. The molecule has 0 spiro atoms. The van der Waals surface area contributed by atoms with Crippen LogP contribution in [0.4, 0.5) is 27.1 Å². The van der Waals surface area contributed by atoms with Crippen molar-refractivity contribution in [2.45, 2.75) is 70.6 Å². The van der Waals surface area contributed by atoms with E-state index in [0.717, 1.165) is 85.9 Å². The smallest absolute Gasteiger partial charge is 0.355 e. The maximum atomic E-state index is 15.3. The lowest BCUT2D eigenvalue weighted by molar-refractivity contribution is 0.0690. The van der Waals surface area contributed by atoms with Gasteiger partial charge in [-0.3, -0.25) is 0 Å². The van der Waals surface area contributed by atoms with Crippen LogP contribution < -0.4 is 20.7 Å². The monoisotopic (exact) mass is 741 g/mol. The van der Waals surface area contributed by atoms with Crippen LogP contribution in [0.3, 0.4) is 0 Å². The number of aryl methyl sites for hydroxylation is 1. The number of hydrogen-bond acceptors (Lipinski definition) is 11. The van der Waals surface area contributed by atoms with Crippen LogP contribution in [0.5, 0.6) is 5.75 Å². The second-order valence-electron chi connectivity index (χ2n) is 14.3. The molecule has 0 amide bonds. The number of ether oxygens (including phenoxy) is 1. The van der Waals surface area contributed by atoms with Crippen molar-refractivity contribution in [1.82, 2.24) is 30.0 Å². The number of nitrogens with one attached hydrogen (secondary N) is 2. The average molecular weight is 742 g/mol. The molecule has 1 saturated carbocycles. The molecule has 5 N–H and O–H groups in total. The molecule has 0 saturated heterocycles. The molecular weight excluding hydrogens is 694 g/mol. The van der Waals surface area contributed by atoms with E-state index < -0.39 is 5.97 Å². The summed E-state index contributed by atoms with van der Waals surface area (Å²) in [6, 6.07) is 13.2. The summed E-state index contributed by atoms with van der Waals surface area (Å²) in [6.45, 7) is 7.82. The van der Waals surface area contributed by atoms with E-state index in [2.05, 4.69) is 49.3 Å². The molecule has 2 unspecified atom stereocenters. The number of carboxylic acid groups (broad SMARTS) is 1. The fourth-order valence-electron chi connectivity index (χ4n) is 7.75. The molecule has 280 valence electrons. The second-order valence-corrected chi connectivity index (χ2v) is 15.4. The van der Waals surface area contributed by atoms with Gasteiger partial charge in [-0.05, 0) is 120 Å². The third-order valence-corrected chi connectivity index (χ3v) is 12.0. The SMILES string of the molecule is CCC1(c2ccc(OCCCc3sc(N4CCCc5c4nnc(Nc4nc6ccccc6[nH]4)c5C)nc3C(=O)O)c(F)c2)CC1CN(C)CCCCN. The summed E-state index contributed by atoms with van der Waals surface area (Å²) < 4.78 is 21.2. The molecule has 1 aliphatic heterocycles. The number of aromatic carboxylic acids is 1. The lowest BCUT2D eigenvalue weighted by atomic mass is 9.90. The minimum Gasteiger partial charge on any atom is -0.491 e. The van der Waals surface area contributed by atoms with E-state index in [-0.39, 0.29) is 29.3 Å². The highest BCUT2D eigenvalue weighted by molar-refractivity contribution is 7.16. The van der Waals surface area contributed by atoms with E-state index in [0.29, 0.717) is 52.9 Å². The van der Waals surface area contributed by atoms with Gasteiger partial charge in [0.1, 0.15) is 0 Å². The molecular formula is C39H48FN9O3S. The molecule has 12 nitrogen and oxygen atoms in total. The van der Waals surface area contributed by atoms with Gasteiger partial charge in [0.25, 0.3) is 0 Å². The van der Waals surface area contributed by atoms with Crippen LogP contribution in [0, 0.1) is 18.7 Å². The number of fused-ring (bicyclic) bond motifs is 2. The van der Waals surface area contributed by atoms with Crippen molar-refractivity contribution in [2.75, 3.05) is 50.1 Å². The van der Waals surface area contributed by atoms with Crippen molar-refractivity contribution in [3.63, 3.8) is 0 Å². The minimum atomic E-state index is -1.08. The van der Waals surface area contributed by atoms with Gasteiger partial charge in [-0.15, -0.1) is 21.5 Å². The molecule has 4 heterocycles. The molecule has 3 aromatic heterocycles. The lowest BCUT2D eigenvalue weighted by Crippen LogP contribution is -2.27. The summed E-state index contributed by atoms with van der Waals surface area (Å²) in [5.41, 5.74) is 10.5. The first-order valence-corrected chi connectivity index (χ1v) is 19.4. The number of nitrogens with two attached hydrogens (primary N) is 1. The van der Waals surface area contributed by atoms with Gasteiger partial charge >= 0.3 is 5.97 Å². The molecule has 2 aliphatic rings. The van der Waals surface area contributed by atoms with Crippen molar-refractivity contribution in [1.29, 1.82) is 0 Å². The van der Waals surface area contributed by atoms with E-state index in [1.807, 2.05) is 42.2 Å². The van der Waals surface area contributed by atoms with Gasteiger partial charge in [0.05, 0.1) is 17.6 Å². The van der Waals surface area contributed by atoms with Gasteiger partial charge in [-0.25, -0.2) is 19.2 Å². The maximum absolute atomic E-state index is 15.3. The molecule has 2 aromatic carbocycles. The molecule has 1 aliphatic carbocycles. The molecule has 0 bridgehead atoms. The Morgan fingerprint density at radius 3 is 2.83 bits per heavy atom. The van der Waals surface area contributed by atoms with Gasteiger partial charge in [-0.1, -0.05) is 25.1 Å². The van der Waals surface area contributed by atoms with E-state index in [1.54, 1.807) is 12.1 Å². The number of thiazole rings is 1. The highest BCUT2D eigenvalue weighted by atomic mass is 32.1. The van der Waals surface area contributed by atoms with Crippen LogP contribution in [0.2, 0.25) is 0 Å². The summed E-state index contributed by atoms with van der Waals surface area (Å²) in [5, 5.41) is 23.0. The Hall–Kier alpha value is -4.66. The van der Waals surface area contributed by atoms with Crippen molar-refractivity contribution in [2.24, 2.45) is 11.7 Å². The Morgan fingerprint density at radius 2 is 2.06 bits per heavy atom. The lowest BCUT2D eigenvalue weighted by Gasteiger charge is -2.28. The summed E-state index contributed by atoms with van der Waals surface area (Å²) in [7, 11) is 2.15. The fraction of sp³-hybridized carbons (Fsp3) is 0.462. The first-order valence-electron chi connectivity index (χ1n) is 18.6. The summed E-state index contributed by atoms with van der Waals surface area (Å²) in [5.74, 6) is 1.15. The Kier molecular flexibility index (Phi) is 10.9. The van der Waals surface area contributed by atoms with E-state index in [1.165, 1.54) is 11.3 Å². The summed E-state index contributed by atoms with van der Waals surface area (Å²) in [4.78, 5) is 29.7. The first kappa shape index (κ1) is 36.7. The van der Waals surface area contributed by atoms with Crippen LogP contribution in [-0.4, -0.2) is 81.0 Å². The van der Waals surface area contributed by atoms with Crippen LogP contribution in [0.1, 0.15) is 77.5 Å². The standard InChI is InChI=1S/C39H48FN9O3S/c1-4-39(22-26(39)23-48(3)18-8-7-17-41)25-15-16-31(28(40)21-25)52-20-10-14-32-33(36(50)51)44-38(53-32)49-19-9-11-27-24(2)34(46-47-35(27)49)45-37-42-29-12-5-6-13-30(29)43-37/h5-6,12-13,15-16,21,26H,4,7-11,14,17-20,22-23,41H2,1-3H3,(H,50,51)(H2,42,43,45,46). The van der Waals surface area contributed by atoms with Gasteiger partial charge in [-0.2, -0.15) is 0 Å². The first-order chi connectivity index (χ1) is 25.7. The summed E-state index contributed by atoms with van der Waals surface area (Å²) >= 11 is 1.34. The number of carbonyl (C=O) groups is 1. The molecule has 5 aromatic rings. The number of anilines is 4. The number of carboxylic acids is 1. The average Bonchev–Trinajstić information content (AvgIpc) is 3.45. The number of benzene rings is 2. The molecule has 53 heavy (non-hydrogen) atoms. The topological polar surface area (TPSA) is 158 Å². The number of aromatic nitrogens is 5.